The highest BCUT2D eigenvalue weighted by atomic mass is 16.3. The van der Waals surface area contributed by atoms with E-state index in [1.807, 2.05) is 18.2 Å². The molecule has 0 radical (unpaired) electrons. The van der Waals surface area contributed by atoms with E-state index in [4.69, 9.17) is 0 Å². The predicted molar refractivity (Wildman–Crippen MR) is 101 cm³/mol. The molecule has 136 valence electrons. The van der Waals surface area contributed by atoms with Gasteiger partial charge in [-0.3, -0.25) is 9.59 Å². The van der Waals surface area contributed by atoms with E-state index in [2.05, 4.69) is 10.2 Å². The van der Waals surface area contributed by atoms with E-state index in [9.17, 15) is 14.7 Å². The van der Waals surface area contributed by atoms with Crippen molar-refractivity contribution in [3.05, 3.63) is 54.1 Å². The average molecular weight is 354 g/mol. The van der Waals surface area contributed by atoms with Crippen LogP contribution in [0.25, 0.3) is 0 Å². The molecular formula is C20H24N3O3+. The zero-order valence-corrected chi connectivity index (χ0v) is 14.9. The lowest BCUT2D eigenvalue weighted by Crippen LogP contribution is -3.15. The van der Waals surface area contributed by atoms with Crippen LogP contribution in [-0.2, 0) is 4.79 Å². The molecule has 0 aliphatic carbocycles. The van der Waals surface area contributed by atoms with Crippen molar-refractivity contribution in [3.8, 4) is 5.75 Å². The number of rotatable bonds is 5. The van der Waals surface area contributed by atoms with E-state index in [1.54, 1.807) is 30.3 Å². The van der Waals surface area contributed by atoms with Crippen molar-refractivity contribution in [2.75, 3.05) is 42.9 Å². The molecule has 0 unspecified atom stereocenters. The predicted octanol–water partition coefficient (Wildman–Crippen LogP) is 0.938. The van der Waals surface area contributed by atoms with Crippen molar-refractivity contribution in [2.45, 2.75) is 6.92 Å². The second-order valence-corrected chi connectivity index (χ2v) is 6.58. The van der Waals surface area contributed by atoms with Gasteiger partial charge in [0.2, 0.25) is 0 Å². The highest BCUT2D eigenvalue weighted by Crippen LogP contribution is 2.25. The lowest BCUT2D eigenvalue weighted by Gasteiger charge is -2.33. The Kier molecular flexibility index (Phi) is 5.53. The Labute approximate surface area is 153 Å². The summed E-state index contributed by atoms with van der Waals surface area (Å²) in [5, 5.41) is 12.8. The third-order valence-electron chi connectivity index (χ3n) is 4.68. The number of anilines is 2. The fourth-order valence-corrected chi connectivity index (χ4v) is 3.19. The quantitative estimate of drug-likeness (QED) is 0.699. The van der Waals surface area contributed by atoms with Crippen molar-refractivity contribution in [1.82, 2.24) is 0 Å². The average Bonchev–Trinajstić information content (AvgIpc) is 2.63. The number of amides is 1. The molecule has 0 bridgehead atoms. The largest absolute Gasteiger partial charge is 0.506 e. The van der Waals surface area contributed by atoms with E-state index >= 15 is 0 Å². The number of carbonyl (C=O) groups is 2. The highest BCUT2D eigenvalue weighted by Gasteiger charge is 2.23. The lowest BCUT2D eigenvalue weighted by molar-refractivity contribution is -0.892. The van der Waals surface area contributed by atoms with E-state index < -0.39 is 0 Å². The van der Waals surface area contributed by atoms with Gasteiger partial charge in [0.25, 0.3) is 5.91 Å². The summed E-state index contributed by atoms with van der Waals surface area (Å²) < 4.78 is 0. The number of piperazine rings is 1. The molecule has 1 amide bonds. The van der Waals surface area contributed by atoms with Crippen molar-refractivity contribution in [1.29, 1.82) is 0 Å². The third-order valence-corrected chi connectivity index (χ3v) is 4.68. The van der Waals surface area contributed by atoms with E-state index in [1.165, 1.54) is 11.8 Å². The van der Waals surface area contributed by atoms with Crippen molar-refractivity contribution in [2.24, 2.45) is 0 Å². The first-order chi connectivity index (χ1) is 12.5. The molecule has 3 N–H and O–H groups in total. The molecule has 1 saturated heterocycles. The number of phenolic OH excluding ortho intramolecular Hbond substituents is 1. The van der Waals surface area contributed by atoms with Crippen molar-refractivity contribution in [3.63, 3.8) is 0 Å². The smallest absolute Gasteiger partial charge is 0.279 e. The summed E-state index contributed by atoms with van der Waals surface area (Å²) in [6.45, 7) is 5.20. The SMILES string of the molecule is CC(=O)c1ccc(NC(=O)C[NH+]2CCN(c3ccccc3O)CC2)cc1. The molecule has 0 aromatic heterocycles. The van der Waals surface area contributed by atoms with Crippen LogP contribution in [0.3, 0.4) is 0 Å². The van der Waals surface area contributed by atoms with Gasteiger partial charge in [-0.25, -0.2) is 0 Å². The lowest BCUT2D eigenvalue weighted by atomic mass is 10.1. The molecule has 0 spiro atoms. The topological polar surface area (TPSA) is 74.1 Å². The van der Waals surface area contributed by atoms with Gasteiger partial charge in [0.1, 0.15) is 5.75 Å². The van der Waals surface area contributed by atoms with Crippen molar-refractivity contribution < 1.29 is 19.6 Å². The third kappa shape index (κ3) is 4.40. The fourth-order valence-electron chi connectivity index (χ4n) is 3.19. The van der Waals surface area contributed by atoms with Gasteiger partial charge in [0.05, 0.1) is 31.9 Å². The molecule has 1 fully saturated rings. The number of hydrogen-bond donors (Lipinski definition) is 3. The van der Waals surface area contributed by atoms with Crippen LogP contribution in [0.1, 0.15) is 17.3 Å². The van der Waals surface area contributed by atoms with Gasteiger partial charge in [0, 0.05) is 11.3 Å². The van der Waals surface area contributed by atoms with E-state index in [-0.39, 0.29) is 11.7 Å². The van der Waals surface area contributed by atoms with Crippen LogP contribution in [0.2, 0.25) is 0 Å². The maximum atomic E-state index is 12.3. The Morgan fingerprint density at radius 1 is 1.08 bits per heavy atom. The second-order valence-electron chi connectivity index (χ2n) is 6.58. The Morgan fingerprint density at radius 2 is 1.73 bits per heavy atom. The van der Waals surface area contributed by atoms with Crippen LogP contribution < -0.4 is 15.1 Å². The number of nitrogens with zero attached hydrogens (tertiary/aromatic N) is 1. The number of para-hydroxylation sites is 2. The number of hydrogen-bond acceptors (Lipinski definition) is 4. The number of Topliss-reactive ketones (excluding diaryl/α,β-unsaturated/α-hetero) is 1. The van der Waals surface area contributed by atoms with Gasteiger partial charge in [-0.05, 0) is 43.3 Å². The molecule has 6 heteroatoms. The normalized spacial score (nSPS) is 14.9. The maximum Gasteiger partial charge on any atom is 0.279 e. The molecule has 2 aromatic carbocycles. The summed E-state index contributed by atoms with van der Waals surface area (Å²) in [4.78, 5) is 26.9. The van der Waals surface area contributed by atoms with E-state index in [0.29, 0.717) is 23.5 Å². The summed E-state index contributed by atoms with van der Waals surface area (Å²) in [6, 6.07) is 14.3. The Balaban J connectivity index is 1.49. The Bertz CT molecular complexity index is 781. The molecule has 3 rings (SSSR count). The standard InChI is InChI=1S/C20H23N3O3/c1-15(24)16-6-8-17(9-7-16)21-20(26)14-22-10-12-23(13-11-22)18-4-2-3-5-19(18)25/h2-9,25H,10-14H2,1H3,(H,21,26)/p+1. The molecule has 0 atom stereocenters. The van der Waals surface area contributed by atoms with Gasteiger partial charge in [-0.1, -0.05) is 12.1 Å². The molecule has 26 heavy (non-hydrogen) atoms. The number of nitrogens with one attached hydrogen (secondary N) is 2. The Hall–Kier alpha value is -2.86. The van der Waals surface area contributed by atoms with E-state index in [0.717, 1.165) is 31.9 Å². The first-order valence-electron chi connectivity index (χ1n) is 8.80. The minimum absolute atomic E-state index is 0.00893. The number of carbonyl (C=O) groups excluding carboxylic acids is 2. The van der Waals surface area contributed by atoms with Gasteiger partial charge < -0.3 is 20.2 Å². The van der Waals surface area contributed by atoms with Gasteiger partial charge in [-0.15, -0.1) is 0 Å². The molecule has 0 saturated carbocycles. The fraction of sp³-hybridized carbons (Fsp3) is 0.300. The van der Waals surface area contributed by atoms with Crippen LogP contribution in [0.5, 0.6) is 5.75 Å². The van der Waals surface area contributed by atoms with Crippen LogP contribution in [0.15, 0.2) is 48.5 Å². The van der Waals surface area contributed by atoms with Gasteiger partial charge >= 0.3 is 0 Å². The summed E-state index contributed by atoms with van der Waals surface area (Å²) >= 11 is 0. The monoisotopic (exact) mass is 354 g/mol. The van der Waals surface area contributed by atoms with Crippen LogP contribution in [0, 0.1) is 0 Å². The first kappa shape index (κ1) is 17.9. The summed E-state index contributed by atoms with van der Waals surface area (Å²) in [7, 11) is 0. The number of phenols is 1. The minimum Gasteiger partial charge on any atom is -0.506 e. The molecule has 6 nitrogen and oxygen atoms in total. The minimum atomic E-state index is -0.0356. The van der Waals surface area contributed by atoms with Crippen LogP contribution in [0.4, 0.5) is 11.4 Å². The summed E-state index contributed by atoms with van der Waals surface area (Å²) in [5.74, 6) is 0.268. The zero-order chi connectivity index (χ0) is 18.5. The summed E-state index contributed by atoms with van der Waals surface area (Å²) in [6.07, 6.45) is 0. The van der Waals surface area contributed by atoms with Gasteiger partial charge in [-0.2, -0.15) is 0 Å². The zero-order valence-electron chi connectivity index (χ0n) is 14.9. The second kappa shape index (κ2) is 8.01. The maximum absolute atomic E-state index is 12.3. The van der Waals surface area contributed by atoms with Gasteiger partial charge in [0.15, 0.2) is 12.3 Å². The molecule has 1 aliphatic rings. The number of ketones is 1. The van der Waals surface area contributed by atoms with Crippen LogP contribution in [-0.4, -0.2) is 49.5 Å². The van der Waals surface area contributed by atoms with Crippen molar-refractivity contribution >= 4 is 23.1 Å². The summed E-state index contributed by atoms with van der Waals surface area (Å²) in [5.41, 5.74) is 2.18. The Morgan fingerprint density at radius 3 is 2.35 bits per heavy atom. The molecule has 2 aromatic rings. The first-order valence-corrected chi connectivity index (χ1v) is 8.80. The molecular weight excluding hydrogens is 330 g/mol. The van der Waals surface area contributed by atoms with Crippen LogP contribution >= 0.6 is 0 Å². The molecule has 1 aliphatic heterocycles. The number of benzene rings is 2. The molecule has 1 heterocycles. The number of quaternary nitrogens is 1. The highest BCUT2D eigenvalue weighted by molar-refractivity contribution is 5.95. The number of aromatic hydroxyl groups is 1.